The second kappa shape index (κ2) is 6.74. The summed E-state index contributed by atoms with van der Waals surface area (Å²) >= 11 is 0. The van der Waals surface area contributed by atoms with Gasteiger partial charge in [0.1, 0.15) is 12.1 Å². The number of carbonyl (C=O) groups is 1. The smallest absolute Gasteiger partial charge is 0.251 e. The average molecular weight is 361 g/mol. The summed E-state index contributed by atoms with van der Waals surface area (Å²) in [6.45, 7) is 1.66. The predicted molar refractivity (Wildman–Crippen MR) is 93.0 cm³/mol. The van der Waals surface area contributed by atoms with E-state index in [0.717, 1.165) is 36.1 Å². The van der Waals surface area contributed by atoms with E-state index in [0.29, 0.717) is 6.54 Å². The number of piperidine rings is 2. The molecule has 6 nitrogen and oxygen atoms in total. The van der Waals surface area contributed by atoms with E-state index in [1.165, 1.54) is 6.33 Å². The number of nitrogens with zero attached hydrogens (tertiary/aromatic N) is 5. The van der Waals surface area contributed by atoms with Gasteiger partial charge in [-0.15, -0.1) is 0 Å². The lowest BCUT2D eigenvalue weighted by Gasteiger charge is -2.38. The number of anilines is 1. The van der Waals surface area contributed by atoms with Gasteiger partial charge >= 0.3 is 0 Å². The van der Waals surface area contributed by atoms with Crippen LogP contribution in [0.4, 0.5) is 14.6 Å². The number of alkyl halides is 2. The molecule has 2 aromatic heterocycles. The maximum Gasteiger partial charge on any atom is 0.251 e. The van der Waals surface area contributed by atoms with Crippen LogP contribution in [0.5, 0.6) is 0 Å². The molecule has 0 bridgehead atoms. The minimum atomic E-state index is -2.64. The van der Waals surface area contributed by atoms with Crippen molar-refractivity contribution < 1.29 is 13.6 Å². The van der Waals surface area contributed by atoms with Crippen molar-refractivity contribution in [3.63, 3.8) is 0 Å². The lowest BCUT2D eigenvalue weighted by molar-refractivity contribution is -0.141. The summed E-state index contributed by atoms with van der Waals surface area (Å²) in [5.41, 5.74) is 0.768. The average Bonchev–Trinajstić information content (AvgIpc) is 2.67. The topological polar surface area (TPSA) is 62.2 Å². The number of amides is 1. The molecule has 1 amide bonds. The number of carbonyl (C=O) groups excluding carboxylic acids is 1. The van der Waals surface area contributed by atoms with Gasteiger partial charge < -0.3 is 9.80 Å². The van der Waals surface area contributed by atoms with E-state index in [1.54, 1.807) is 17.3 Å². The molecule has 2 aromatic rings. The number of fused-ring (bicyclic) bond motifs is 1. The summed E-state index contributed by atoms with van der Waals surface area (Å²) in [6.07, 6.45) is 6.09. The maximum atomic E-state index is 13.3. The second-order valence-electron chi connectivity index (χ2n) is 7.06. The van der Waals surface area contributed by atoms with Gasteiger partial charge in [0.05, 0.1) is 17.6 Å². The lowest BCUT2D eigenvalue weighted by atomic mass is 9.95. The first kappa shape index (κ1) is 17.1. The Labute approximate surface area is 150 Å². The fraction of sp³-hybridized carbons (Fsp3) is 0.556. The zero-order valence-electron chi connectivity index (χ0n) is 14.4. The molecule has 1 atom stereocenters. The highest BCUT2D eigenvalue weighted by Gasteiger charge is 2.38. The molecule has 0 saturated carbocycles. The number of pyridine rings is 1. The fourth-order valence-corrected chi connectivity index (χ4v) is 3.83. The molecule has 2 saturated heterocycles. The summed E-state index contributed by atoms with van der Waals surface area (Å²) in [5, 5.41) is 0.910. The van der Waals surface area contributed by atoms with Gasteiger partial charge in [-0.2, -0.15) is 0 Å². The summed E-state index contributed by atoms with van der Waals surface area (Å²) < 4.78 is 26.7. The molecule has 0 aromatic carbocycles. The van der Waals surface area contributed by atoms with Crippen molar-refractivity contribution in [2.45, 2.75) is 31.6 Å². The van der Waals surface area contributed by atoms with Crippen LogP contribution in [-0.4, -0.2) is 57.9 Å². The predicted octanol–water partition coefficient (Wildman–Crippen LogP) is 2.50. The number of halogens is 2. The highest BCUT2D eigenvalue weighted by molar-refractivity contribution is 5.89. The second-order valence-corrected chi connectivity index (χ2v) is 7.06. The highest BCUT2D eigenvalue weighted by atomic mass is 19.3. The molecule has 138 valence electrons. The summed E-state index contributed by atoms with van der Waals surface area (Å²) in [7, 11) is 0. The Morgan fingerprint density at radius 3 is 2.81 bits per heavy atom. The zero-order chi connectivity index (χ0) is 18.1. The van der Waals surface area contributed by atoms with Crippen LogP contribution in [0.15, 0.2) is 24.8 Å². The highest BCUT2D eigenvalue weighted by Crippen LogP contribution is 2.31. The third-order valence-electron chi connectivity index (χ3n) is 5.29. The van der Waals surface area contributed by atoms with E-state index in [-0.39, 0.29) is 37.8 Å². The molecule has 26 heavy (non-hydrogen) atoms. The van der Waals surface area contributed by atoms with Crippen LogP contribution >= 0.6 is 0 Å². The van der Waals surface area contributed by atoms with Gasteiger partial charge in [0.15, 0.2) is 0 Å². The summed E-state index contributed by atoms with van der Waals surface area (Å²) in [4.78, 5) is 29.3. The number of rotatable bonds is 2. The van der Waals surface area contributed by atoms with E-state index in [2.05, 4.69) is 19.9 Å². The van der Waals surface area contributed by atoms with Crippen LogP contribution in [-0.2, 0) is 4.79 Å². The van der Waals surface area contributed by atoms with Crippen molar-refractivity contribution in [1.82, 2.24) is 19.9 Å². The van der Waals surface area contributed by atoms with E-state index >= 15 is 0 Å². The van der Waals surface area contributed by atoms with Crippen molar-refractivity contribution in [2.75, 3.05) is 31.1 Å². The van der Waals surface area contributed by atoms with Crippen LogP contribution in [0, 0.1) is 5.92 Å². The standard InChI is InChI=1S/C18H21F2N5O/c19-18(20)4-8-24(9-5-18)17(26)13-2-1-7-25(11-13)16-14-3-6-21-10-15(14)22-12-23-16/h3,6,10,12-13H,1-2,4-5,7-9,11H2. The normalized spacial score (nSPS) is 23.2. The number of aromatic nitrogens is 3. The van der Waals surface area contributed by atoms with Gasteiger partial charge in [-0.25, -0.2) is 18.7 Å². The van der Waals surface area contributed by atoms with Crippen molar-refractivity contribution in [2.24, 2.45) is 5.92 Å². The summed E-state index contributed by atoms with van der Waals surface area (Å²) in [5.74, 6) is -2.02. The van der Waals surface area contributed by atoms with Gasteiger partial charge in [-0.1, -0.05) is 0 Å². The van der Waals surface area contributed by atoms with Gasteiger partial charge in [0, 0.05) is 50.6 Å². The van der Waals surface area contributed by atoms with Crippen molar-refractivity contribution >= 4 is 22.6 Å². The zero-order valence-corrected chi connectivity index (χ0v) is 14.4. The Balaban J connectivity index is 1.50. The van der Waals surface area contributed by atoms with Crippen LogP contribution in [0.3, 0.4) is 0 Å². The Morgan fingerprint density at radius 2 is 2.00 bits per heavy atom. The molecular weight excluding hydrogens is 340 g/mol. The number of hydrogen-bond acceptors (Lipinski definition) is 5. The first-order valence-corrected chi connectivity index (χ1v) is 9.00. The molecule has 0 spiro atoms. The molecule has 4 rings (SSSR count). The van der Waals surface area contributed by atoms with Crippen molar-refractivity contribution in [1.29, 1.82) is 0 Å². The van der Waals surface area contributed by atoms with Crippen molar-refractivity contribution in [3.8, 4) is 0 Å². The van der Waals surface area contributed by atoms with E-state index in [4.69, 9.17) is 0 Å². The Hall–Kier alpha value is -2.38. The minimum Gasteiger partial charge on any atom is -0.355 e. The lowest BCUT2D eigenvalue weighted by Crippen LogP contribution is -2.49. The van der Waals surface area contributed by atoms with Crippen LogP contribution < -0.4 is 4.90 Å². The van der Waals surface area contributed by atoms with Gasteiger partial charge in [0.2, 0.25) is 5.91 Å². The van der Waals surface area contributed by atoms with E-state index < -0.39 is 5.92 Å². The molecule has 0 radical (unpaired) electrons. The molecule has 0 aliphatic carbocycles. The van der Waals surface area contributed by atoms with E-state index in [9.17, 15) is 13.6 Å². The molecule has 8 heteroatoms. The molecule has 0 N–H and O–H groups in total. The van der Waals surface area contributed by atoms with Crippen LogP contribution in [0.2, 0.25) is 0 Å². The molecular formula is C18H21F2N5O. The number of likely N-dealkylation sites (tertiary alicyclic amines) is 1. The monoisotopic (exact) mass is 361 g/mol. The first-order valence-electron chi connectivity index (χ1n) is 9.00. The minimum absolute atomic E-state index is 0.00905. The fourth-order valence-electron chi connectivity index (χ4n) is 3.83. The molecule has 4 heterocycles. The first-order chi connectivity index (χ1) is 12.5. The summed E-state index contributed by atoms with van der Waals surface area (Å²) in [6, 6.07) is 1.88. The molecule has 2 aliphatic heterocycles. The third kappa shape index (κ3) is 3.32. The number of hydrogen-bond donors (Lipinski definition) is 0. The molecule has 2 aliphatic rings. The SMILES string of the molecule is O=C(C1CCCN(c2ncnc3cnccc23)C1)N1CCC(F)(F)CC1. The largest absolute Gasteiger partial charge is 0.355 e. The van der Waals surface area contributed by atoms with Gasteiger partial charge in [-0.3, -0.25) is 9.78 Å². The molecule has 1 unspecified atom stereocenters. The van der Waals surface area contributed by atoms with Gasteiger partial charge in [0.25, 0.3) is 5.92 Å². The van der Waals surface area contributed by atoms with Crippen molar-refractivity contribution in [3.05, 3.63) is 24.8 Å². The Kier molecular flexibility index (Phi) is 4.42. The van der Waals surface area contributed by atoms with Crippen LogP contribution in [0.25, 0.3) is 10.9 Å². The Bertz CT molecular complexity index is 800. The third-order valence-corrected chi connectivity index (χ3v) is 5.29. The maximum absolute atomic E-state index is 13.3. The quantitative estimate of drug-likeness (QED) is 0.822. The van der Waals surface area contributed by atoms with Crippen LogP contribution in [0.1, 0.15) is 25.7 Å². The van der Waals surface area contributed by atoms with Gasteiger partial charge in [-0.05, 0) is 18.9 Å². The Morgan fingerprint density at radius 1 is 1.19 bits per heavy atom. The molecule has 2 fully saturated rings. The van der Waals surface area contributed by atoms with E-state index in [1.807, 2.05) is 6.07 Å².